The SMILES string of the molecule is O=C(O)CC1(NC(=O)C=Cc2ccc(Cl)s2)CCC1. The minimum atomic E-state index is -0.881. The molecule has 0 spiro atoms. The summed E-state index contributed by atoms with van der Waals surface area (Å²) >= 11 is 7.17. The monoisotopic (exact) mass is 299 g/mol. The lowest BCUT2D eigenvalue weighted by Crippen LogP contribution is -2.54. The van der Waals surface area contributed by atoms with E-state index in [1.165, 1.54) is 17.4 Å². The maximum Gasteiger partial charge on any atom is 0.305 e. The molecule has 102 valence electrons. The zero-order valence-corrected chi connectivity index (χ0v) is 11.8. The van der Waals surface area contributed by atoms with E-state index in [1.54, 1.807) is 12.1 Å². The number of carbonyl (C=O) groups is 2. The van der Waals surface area contributed by atoms with Crippen LogP contribution in [0.1, 0.15) is 30.6 Å². The molecule has 6 heteroatoms. The van der Waals surface area contributed by atoms with Gasteiger partial charge in [0.25, 0.3) is 0 Å². The van der Waals surface area contributed by atoms with Gasteiger partial charge in [0.2, 0.25) is 5.91 Å². The van der Waals surface area contributed by atoms with Gasteiger partial charge in [-0.15, -0.1) is 11.3 Å². The molecule has 1 heterocycles. The summed E-state index contributed by atoms with van der Waals surface area (Å²) in [4.78, 5) is 23.5. The number of rotatable bonds is 5. The first-order valence-corrected chi connectivity index (χ1v) is 7.16. The zero-order chi connectivity index (χ0) is 13.9. The molecule has 1 fully saturated rings. The summed E-state index contributed by atoms with van der Waals surface area (Å²) < 4.78 is 0.668. The third kappa shape index (κ3) is 3.81. The second kappa shape index (κ2) is 5.75. The summed E-state index contributed by atoms with van der Waals surface area (Å²) in [5, 5.41) is 11.7. The van der Waals surface area contributed by atoms with E-state index in [4.69, 9.17) is 16.7 Å². The van der Waals surface area contributed by atoms with Crippen LogP contribution in [0.4, 0.5) is 0 Å². The van der Waals surface area contributed by atoms with E-state index in [0.717, 1.165) is 24.1 Å². The Bertz CT molecular complexity index is 520. The highest BCUT2D eigenvalue weighted by Crippen LogP contribution is 2.34. The molecule has 1 amide bonds. The Balaban J connectivity index is 1.93. The molecule has 0 aliphatic heterocycles. The average Bonchev–Trinajstić information content (AvgIpc) is 2.69. The van der Waals surface area contributed by atoms with Crippen LogP contribution >= 0.6 is 22.9 Å². The third-order valence-corrected chi connectivity index (χ3v) is 4.38. The number of carboxylic acids is 1. The van der Waals surface area contributed by atoms with Crippen LogP contribution in [0.3, 0.4) is 0 Å². The summed E-state index contributed by atoms with van der Waals surface area (Å²) in [6.45, 7) is 0. The Morgan fingerprint density at radius 1 is 1.47 bits per heavy atom. The van der Waals surface area contributed by atoms with E-state index in [0.29, 0.717) is 4.34 Å². The predicted molar refractivity (Wildman–Crippen MR) is 75.3 cm³/mol. The normalized spacial score (nSPS) is 17.1. The molecule has 2 rings (SSSR count). The highest BCUT2D eigenvalue weighted by molar-refractivity contribution is 7.17. The lowest BCUT2D eigenvalue weighted by molar-refractivity contribution is -0.140. The van der Waals surface area contributed by atoms with Crippen molar-refractivity contribution in [1.29, 1.82) is 0 Å². The molecule has 0 atom stereocenters. The van der Waals surface area contributed by atoms with Crippen molar-refractivity contribution >= 4 is 40.9 Å². The van der Waals surface area contributed by atoms with Crippen molar-refractivity contribution in [2.75, 3.05) is 0 Å². The van der Waals surface area contributed by atoms with E-state index in [-0.39, 0.29) is 12.3 Å². The van der Waals surface area contributed by atoms with Crippen molar-refractivity contribution in [2.24, 2.45) is 0 Å². The molecule has 0 saturated heterocycles. The number of hydrogen-bond acceptors (Lipinski definition) is 3. The summed E-state index contributed by atoms with van der Waals surface area (Å²) in [6.07, 6.45) is 5.49. The minimum Gasteiger partial charge on any atom is -0.481 e. The minimum absolute atomic E-state index is 0.0165. The van der Waals surface area contributed by atoms with Crippen molar-refractivity contribution in [3.8, 4) is 0 Å². The number of thiophene rings is 1. The van der Waals surface area contributed by atoms with E-state index in [2.05, 4.69) is 5.32 Å². The number of hydrogen-bond donors (Lipinski definition) is 2. The van der Waals surface area contributed by atoms with Gasteiger partial charge in [0.1, 0.15) is 0 Å². The zero-order valence-electron chi connectivity index (χ0n) is 10.2. The molecule has 0 radical (unpaired) electrons. The average molecular weight is 300 g/mol. The van der Waals surface area contributed by atoms with Gasteiger partial charge in [-0.2, -0.15) is 0 Å². The van der Waals surface area contributed by atoms with E-state index >= 15 is 0 Å². The Morgan fingerprint density at radius 2 is 2.21 bits per heavy atom. The molecule has 4 nitrogen and oxygen atoms in total. The molecular weight excluding hydrogens is 286 g/mol. The molecule has 0 bridgehead atoms. The summed E-state index contributed by atoms with van der Waals surface area (Å²) in [5.41, 5.74) is -0.555. The topological polar surface area (TPSA) is 66.4 Å². The Morgan fingerprint density at radius 3 is 2.68 bits per heavy atom. The molecule has 19 heavy (non-hydrogen) atoms. The van der Waals surface area contributed by atoms with Crippen molar-refractivity contribution in [2.45, 2.75) is 31.2 Å². The van der Waals surface area contributed by atoms with Crippen molar-refractivity contribution in [3.63, 3.8) is 0 Å². The van der Waals surface area contributed by atoms with Gasteiger partial charge in [-0.1, -0.05) is 11.6 Å². The standard InChI is InChI=1S/C13H14ClNO3S/c14-10-4-2-9(19-10)3-5-11(16)15-13(6-1-7-13)8-12(17)18/h2-5H,1,6-8H2,(H,15,16)(H,17,18). The third-order valence-electron chi connectivity index (χ3n) is 3.18. The van der Waals surface area contributed by atoms with Gasteiger partial charge in [0.15, 0.2) is 0 Å². The molecule has 2 N–H and O–H groups in total. The highest BCUT2D eigenvalue weighted by Gasteiger charge is 2.39. The fraction of sp³-hybridized carbons (Fsp3) is 0.385. The number of amides is 1. The molecule has 1 aliphatic carbocycles. The fourth-order valence-corrected chi connectivity index (χ4v) is 3.08. The Hall–Kier alpha value is -1.33. The number of carbonyl (C=O) groups excluding carboxylic acids is 1. The second-order valence-corrected chi connectivity index (χ2v) is 6.42. The van der Waals surface area contributed by atoms with Crippen LogP contribution in [-0.4, -0.2) is 22.5 Å². The van der Waals surface area contributed by atoms with Crippen LogP contribution in [0.2, 0.25) is 4.34 Å². The van der Waals surface area contributed by atoms with Gasteiger partial charge in [-0.05, 0) is 37.5 Å². The van der Waals surface area contributed by atoms with Gasteiger partial charge in [-0.25, -0.2) is 0 Å². The van der Waals surface area contributed by atoms with Crippen LogP contribution in [-0.2, 0) is 9.59 Å². The molecule has 1 aromatic heterocycles. The quantitative estimate of drug-likeness (QED) is 0.822. The highest BCUT2D eigenvalue weighted by atomic mass is 35.5. The van der Waals surface area contributed by atoms with Crippen LogP contribution in [0.25, 0.3) is 6.08 Å². The first-order valence-electron chi connectivity index (χ1n) is 5.96. The van der Waals surface area contributed by atoms with Gasteiger partial charge in [0.05, 0.1) is 16.3 Å². The molecule has 1 aliphatic rings. The van der Waals surface area contributed by atoms with Gasteiger partial charge < -0.3 is 10.4 Å². The smallest absolute Gasteiger partial charge is 0.305 e. The number of nitrogens with one attached hydrogen (secondary N) is 1. The first-order chi connectivity index (χ1) is 8.99. The van der Waals surface area contributed by atoms with Gasteiger partial charge >= 0.3 is 5.97 Å². The van der Waals surface area contributed by atoms with Crippen LogP contribution in [0, 0.1) is 0 Å². The first kappa shape index (κ1) is 14.1. The summed E-state index contributed by atoms with van der Waals surface area (Å²) in [5.74, 6) is -1.14. The summed E-state index contributed by atoms with van der Waals surface area (Å²) in [7, 11) is 0. The molecular formula is C13H14ClNO3S. The van der Waals surface area contributed by atoms with E-state index in [9.17, 15) is 9.59 Å². The molecule has 1 saturated carbocycles. The van der Waals surface area contributed by atoms with Crippen LogP contribution < -0.4 is 5.32 Å². The second-order valence-electron chi connectivity index (χ2n) is 4.67. The Labute approximate surface area is 120 Å². The van der Waals surface area contributed by atoms with Crippen LogP contribution in [0.15, 0.2) is 18.2 Å². The predicted octanol–water partition coefficient (Wildman–Crippen LogP) is 2.93. The molecule has 1 aromatic rings. The lowest BCUT2D eigenvalue weighted by atomic mass is 9.74. The molecule has 0 unspecified atom stereocenters. The number of halogens is 1. The van der Waals surface area contributed by atoms with Gasteiger partial charge in [0, 0.05) is 11.0 Å². The van der Waals surface area contributed by atoms with Gasteiger partial charge in [-0.3, -0.25) is 9.59 Å². The largest absolute Gasteiger partial charge is 0.481 e. The number of aliphatic carboxylic acids is 1. The van der Waals surface area contributed by atoms with Crippen molar-refractivity contribution in [3.05, 3.63) is 27.4 Å². The van der Waals surface area contributed by atoms with Crippen molar-refractivity contribution < 1.29 is 14.7 Å². The molecule has 0 aromatic carbocycles. The van der Waals surface area contributed by atoms with E-state index < -0.39 is 11.5 Å². The maximum absolute atomic E-state index is 11.8. The van der Waals surface area contributed by atoms with Crippen molar-refractivity contribution in [1.82, 2.24) is 5.32 Å². The fourth-order valence-electron chi connectivity index (χ4n) is 2.12. The Kier molecular flexibility index (Phi) is 4.27. The number of carboxylic acid groups (broad SMARTS) is 1. The van der Waals surface area contributed by atoms with E-state index in [1.807, 2.05) is 6.07 Å². The van der Waals surface area contributed by atoms with Crippen LogP contribution in [0.5, 0.6) is 0 Å². The summed E-state index contributed by atoms with van der Waals surface area (Å²) in [6, 6.07) is 3.59. The maximum atomic E-state index is 11.8. The lowest BCUT2D eigenvalue weighted by Gasteiger charge is -2.41.